The number of amides is 1. The highest BCUT2D eigenvalue weighted by Crippen LogP contribution is 2.43. The smallest absolute Gasteiger partial charge is 0.258 e. The molecule has 0 saturated heterocycles. The summed E-state index contributed by atoms with van der Waals surface area (Å²) in [4.78, 5) is 26.6. The van der Waals surface area contributed by atoms with Crippen molar-refractivity contribution >= 4 is 23.6 Å². The van der Waals surface area contributed by atoms with E-state index in [0.29, 0.717) is 22.1 Å². The number of benzene rings is 3. The molecule has 2 atom stereocenters. The number of hydrogen-bond acceptors (Lipinski definition) is 5. The molecule has 0 bridgehead atoms. The monoisotopic (exact) mass is 444 g/mol. The first-order valence-corrected chi connectivity index (χ1v) is 10.8. The fourth-order valence-electron chi connectivity index (χ4n) is 3.66. The molecule has 0 aliphatic carbocycles. The van der Waals surface area contributed by atoms with Gasteiger partial charge in [0.25, 0.3) is 11.8 Å². The van der Waals surface area contributed by atoms with Crippen LogP contribution in [-0.4, -0.2) is 32.6 Å². The summed E-state index contributed by atoms with van der Waals surface area (Å²) in [5.74, 6) is -0.777. The average Bonchev–Trinajstić information content (AvgIpc) is 3.26. The Labute approximate surface area is 187 Å². The molecule has 1 aliphatic heterocycles. The molecule has 0 radical (unpaired) electrons. The number of thioether (sulfide) groups is 1. The van der Waals surface area contributed by atoms with Crippen LogP contribution in [0.4, 0.5) is 4.39 Å². The van der Waals surface area contributed by atoms with E-state index in [0.717, 1.165) is 5.56 Å². The number of carbonyl (C=O) groups excluding carboxylic acids is 2. The van der Waals surface area contributed by atoms with Crippen LogP contribution in [0.3, 0.4) is 0 Å². The van der Waals surface area contributed by atoms with Crippen LogP contribution in [0, 0.1) is 5.82 Å². The van der Waals surface area contributed by atoms with E-state index < -0.39 is 17.1 Å². The Morgan fingerprint density at radius 3 is 2.38 bits per heavy atom. The molecule has 1 amide bonds. The second-order valence-corrected chi connectivity index (χ2v) is 8.37. The molecule has 3 aromatic carbocycles. The van der Waals surface area contributed by atoms with Crippen LogP contribution in [0.5, 0.6) is 0 Å². The topological polar surface area (TPSA) is 76.9 Å². The van der Waals surface area contributed by atoms with Gasteiger partial charge in [-0.25, -0.2) is 8.96 Å². The Bertz CT molecular complexity index is 1290. The summed E-state index contributed by atoms with van der Waals surface area (Å²) in [5, 5.41) is 11.1. The molecule has 5 rings (SSSR count). The van der Waals surface area contributed by atoms with Crippen LogP contribution < -0.4 is 5.32 Å². The van der Waals surface area contributed by atoms with Crippen molar-refractivity contribution in [3.63, 3.8) is 0 Å². The molecule has 1 N–H and O–H groups in total. The fraction of sp³-hybridized carbons (Fsp3) is 0.0833. The van der Waals surface area contributed by atoms with Crippen LogP contribution in [0.25, 0.3) is 11.4 Å². The Morgan fingerprint density at radius 2 is 1.66 bits per heavy atom. The lowest BCUT2D eigenvalue weighted by Crippen LogP contribution is -2.48. The van der Waals surface area contributed by atoms with Crippen LogP contribution >= 0.6 is 11.8 Å². The largest absolute Gasteiger partial charge is 0.339 e. The Hall–Kier alpha value is -3.78. The lowest BCUT2D eigenvalue weighted by molar-refractivity contribution is 0.0789. The Morgan fingerprint density at radius 1 is 0.938 bits per heavy atom. The Kier molecular flexibility index (Phi) is 5.28. The highest BCUT2D eigenvalue weighted by Gasteiger charge is 2.41. The quantitative estimate of drug-likeness (QED) is 0.506. The lowest BCUT2D eigenvalue weighted by atomic mass is 10.0. The molecule has 6 nitrogen and oxygen atoms in total. The number of aromatic nitrogens is 3. The number of nitrogens with zero attached hydrogens (tertiary/aromatic N) is 3. The molecule has 0 fully saturated rings. The van der Waals surface area contributed by atoms with Crippen LogP contribution in [0.1, 0.15) is 26.0 Å². The van der Waals surface area contributed by atoms with Crippen molar-refractivity contribution in [2.24, 2.45) is 0 Å². The first-order valence-electron chi connectivity index (χ1n) is 9.95. The van der Waals surface area contributed by atoms with E-state index in [-0.39, 0.29) is 11.8 Å². The maximum atomic E-state index is 14.0. The maximum absolute atomic E-state index is 14.0. The summed E-state index contributed by atoms with van der Waals surface area (Å²) in [7, 11) is 0. The number of fused-ring (bicyclic) bond motifs is 1. The molecule has 2 heterocycles. The molecule has 0 spiro atoms. The van der Waals surface area contributed by atoms with Crippen LogP contribution in [0.2, 0.25) is 0 Å². The van der Waals surface area contributed by atoms with E-state index in [2.05, 4.69) is 15.5 Å². The molecule has 158 valence electrons. The summed E-state index contributed by atoms with van der Waals surface area (Å²) in [6.07, 6.45) is 0. The predicted octanol–water partition coefficient (Wildman–Crippen LogP) is 4.37. The normalized spacial score (nSPS) is 17.6. The molecule has 4 aromatic rings. The maximum Gasteiger partial charge on any atom is 0.258 e. The number of carbonyl (C=O) groups is 2. The Balaban J connectivity index is 1.58. The number of hydrogen-bond donors (Lipinski definition) is 1. The van der Waals surface area contributed by atoms with Gasteiger partial charge in [-0.15, -0.1) is 10.2 Å². The first-order chi connectivity index (χ1) is 15.6. The lowest BCUT2D eigenvalue weighted by Gasteiger charge is -2.31. The second-order valence-electron chi connectivity index (χ2n) is 7.26. The summed E-state index contributed by atoms with van der Waals surface area (Å²) >= 11 is 1.27. The van der Waals surface area contributed by atoms with Crippen molar-refractivity contribution in [2.75, 3.05) is 0 Å². The van der Waals surface area contributed by atoms with Crippen LogP contribution in [0.15, 0.2) is 90.1 Å². The van der Waals surface area contributed by atoms with Gasteiger partial charge in [-0.2, -0.15) is 0 Å². The molecule has 8 heteroatoms. The second kappa shape index (κ2) is 8.39. The van der Waals surface area contributed by atoms with Crippen molar-refractivity contribution in [3.05, 3.63) is 102 Å². The summed E-state index contributed by atoms with van der Waals surface area (Å²) in [6, 6.07) is 23.0. The van der Waals surface area contributed by atoms with Crippen LogP contribution in [-0.2, 0) is 0 Å². The van der Waals surface area contributed by atoms with Gasteiger partial charge < -0.3 is 5.32 Å². The number of nitrogens with one attached hydrogen (secondary N) is 1. The van der Waals surface area contributed by atoms with E-state index in [1.807, 2.05) is 36.4 Å². The van der Waals surface area contributed by atoms with Crippen molar-refractivity contribution in [1.29, 1.82) is 0 Å². The summed E-state index contributed by atoms with van der Waals surface area (Å²) in [5.41, 5.74) is 1.75. The van der Waals surface area contributed by atoms with E-state index in [4.69, 9.17) is 0 Å². The van der Waals surface area contributed by atoms with Crippen molar-refractivity contribution in [3.8, 4) is 11.4 Å². The number of halogens is 1. The minimum Gasteiger partial charge on any atom is -0.339 e. The highest BCUT2D eigenvalue weighted by molar-refractivity contribution is 7.99. The zero-order valence-corrected chi connectivity index (χ0v) is 17.5. The van der Waals surface area contributed by atoms with Gasteiger partial charge in [-0.3, -0.25) is 9.59 Å². The van der Waals surface area contributed by atoms with Gasteiger partial charge in [0, 0.05) is 11.1 Å². The third kappa shape index (κ3) is 3.69. The average molecular weight is 444 g/mol. The molecule has 0 saturated carbocycles. The summed E-state index contributed by atoms with van der Waals surface area (Å²) < 4.78 is 15.4. The predicted molar refractivity (Wildman–Crippen MR) is 119 cm³/mol. The van der Waals surface area contributed by atoms with E-state index >= 15 is 0 Å². The van der Waals surface area contributed by atoms with Gasteiger partial charge >= 0.3 is 0 Å². The molecule has 1 aliphatic rings. The zero-order chi connectivity index (χ0) is 22.1. The third-order valence-corrected chi connectivity index (χ3v) is 6.46. The SMILES string of the molecule is O=C(NC1C(=O)n2c(nnc2-c2ccccc2)SC1c1cccc(F)c1)c1ccccc1. The van der Waals surface area contributed by atoms with Gasteiger partial charge in [0.1, 0.15) is 11.9 Å². The van der Waals surface area contributed by atoms with Gasteiger partial charge in [0.2, 0.25) is 0 Å². The molecular weight excluding hydrogens is 427 g/mol. The van der Waals surface area contributed by atoms with Gasteiger partial charge in [-0.1, -0.05) is 72.4 Å². The standard InChI is InChI=1S/C24H17FN4O2S/c25-18-13-7-12-17(14-18)20-19(26-22(30)16-10-5-2-6-11-16)23(31)29-21(27-28-24(29)32-20)15-8-3-1-4-9-15/h1-14,19-20H,(H,26,30). The van der Waals surface area contributed by atoms with Crippen molar-refractivity contribution in [2.45, 2.75) is 16.4 Å². The zero-order valence-electron chi connectivity index (χ0n) is 16.7. The van der Waals surface area contributed by atoms with E-state index in [9.17, 15) is 14.0 Å². The van der Waals surface area contributed by atoms with Gasteiger partial charge in [-0.05, 0) is 29.8 Å². The summed E-state index contributed by atoms with van der Waals surface area (Å²) in [6.45, 7) is 0. The fourth-order valence-corrected chi connectivity index (χ4v) is 4.87. The minimum absolute atomic E-state index is 0.374. The highest BCUT2D eigenvalue weighted by atomic mass is 32.2. The molecule has 2 unspecified atom stereocenters. The minimum atomic E-state index is -0.944. The van der Waals surface area contributed by atoms with Gasteiger partial charge in [0.05, 0.1) is 5.25 Å². The number of rotatable bonds is 4. The van der Waals surface area contributed by atoms with E-state index in [1.165, 1.54) is 28.5 Å². The van der Waals surface area contributed by atoms with Crippen molar-refractivity contribution < 1.29 is 14.0 Å². The molecule has 1 aromatic heterocycles. The third-order valence-electron chi connectivity index (χ3n) is 5.19. The van der Waals surface area contributed by atoms with Crippen molar-refractivity contribution in [1.82, 2.24) is 20.1 Å². The molecule has 32 heavy (non-hydrogen) atoms. The van der Waals surface area contributed by atoms with Gasteiger partial charge in [0.15, 0.2) is 11.0 Å². The molecular formula is C24H17FN4O2S. The first kappa shape index (κ1) is 20.1. The van der Waals surface area contributed by atoms with E-state index in [1.54, 1.807) is 36.4 Å².